The summed E-state index contributed by atoms with van der Waals surface area (Å²) in [5.74, 6) is -0.293. The predicted molar refractivity (Wildman–Crippen MR) is 125 cm³/mol. The van der Waals surface area contributed by atoms with E-state index in [9.17, 15) is 18.0 Å². The highest BCUT2D eigenvalue weighted by atomic mass is 32.2. The van der Waals surface area contributed by atoms with Gasteiger partial charge in [-0.3, -0.25) is 13.9 Å². The standard InChI is InChI=1S/C24H31N3O4S/c1-17(2)25-23(28)19-12-14-27(15-13-19)24(29)20-6-5-7-22(16-20)32(30,31)26(4)21-10-8-18(3)9-11-21/h5-11,16-17,19H,12-15H2,1-4H3,(H,25,28). The quantitative estimate of drug-likeness (QED) is 0.722. The van der Waals surface area contributed by atoms with Gasteiger partial charge in [-0.05, 0) is 63.9 Å². The van der Waals surface area contributed by atoms with E-state index >= 15 is 0 Å². The number of carbonyl (C=O) groups is 2. The molecule has 7 nitrogen and oxygen atoms in total. The van der Waals surface area contributed by atoms with Crippen molar-refractivity contribution in [2.75, 3.05) is 24.4 Å². The van der Waals surface area contributed by atoms with Gasteiger partial charge in [0.2, 0.25) is 5.91 Å². The van der Waals surface area contributed by atoms with Gasteiger partial charge >= 0.3 is 0 Å². The van der Waals surface area contributed by atoms with Crippen LogP contribution in [0.5, 0.6) is 0 Å². The first kappa shape index (κ1) is 23.8. The molecule has 32 heavy (non-hydrogen) atoms. The zero-order chi connectivity index (χ0) is 23.5. The lowest BCUT2D eigenvalue weighted by molar-refractivity contribution is -0.126. The van der Waals surface area contributed by atoms with Gasteiger partial charge in [-0.15, -0.1) is 0 Å². The van der Waals surface area contributed by atoms with Crippen molar-refractivity contribution in [1.82, 2.24) is 10.2 Å². The second-order valence-electron chi connectivity index (χ2n) is 8.57. The Morgan fingerprint density at radius 3 is 2.28 bits per heavy atom. The van der Waals surface area contributed by atoms with Crippen LogP contribution in [0.25, 0.3) is 0 Å². The molecule has 1 aliphatic heterocycles. The van der Waals surface area contributed by atoms with Gasteiger partial charge in [-0.1, -0.05) is 23.8 Å². The second-order valence-corrected chi connectivity index (χ2v) is 10.5. The Kier molecular flexibility index (Phi) is 7.23. The number of anilines is 1. The van der Waals surface area contributed by atoms with Crippen molar-refractivity contribution >= 4 is 27.5 Å². The van der Waals surface area contributed by atoms with Crippen LogP contribution in [-0.4, -0.2) is 51.3 Å². The topological polar surface area (TPSA) is 86.8 Å². The lowest BCUT2D eigenvalue weighted by Crippen LogP contribution is -2.44. The minimum atomic E-state index is -3.81. The number of aryl methyl sites for hydroxylation is 1. The number of sulfonamides is 1. The largest absolute Gasteiger partial charge is 0.354 e. The summed E-state index contributed by atoms with van der Waals surface area (Å²) in [4.78, 5) is 27.0. The van der Waals surface area contributed by atoms with Crippen LogP contribution in [-0.2, 0) is 14.8 Å². The smallest absolute Gasteiger partial charge is 0.264 e. The van der Waals surface area contributed by atoms with Crippen molar-refractivity contribution in [3.63, 3.8) is 0 Å². The minimum Gasteiger partial charge on any atom is -0.354 e. The van der Waals surface area contributed by atoms with Crippen LogP contribution in [0.1, 0.15) is 42.6 Å². The maximum absolute atomic E-state index is 13.1. The average Bonchev–Trinajstić information content (AvgIpc) is 2.78. The van der Waals surface area contributed by atoms with Crippen molar-refractivity contribution in [2.45, 2.75) is 44.6 Å². The maximum Gasteiger partial charge on any atom is 0.264 e. The Hall–Kier alpha value is -2.87. The van der Waals surface area contributed by atoms with E-state index in [1.165, 1.54) is 23.5 Å². The SMILES string of the molecule is Cc1ccc(N(C)S(=O)(=O)c2cccc(C(=O)N3CCC(C(=O)NC(C)C)CC3)c2)cc1. The monoisotopic (exact) mass is 457 g/mol. The molecule has 1 N–H and O–H groups in total. The number of hydrogen-bond acceptors (Lipinski definition) is 4. The van der Waals surface area contributed by atoms with Gasteiger partial charge in [-0.2, -0.15) is 0 Å². The van der Waals surface area contributed by atoms with E-state index in [0.717, 1.165) is 5.56 Å². The summed E-state index contributed by atoms with van der Waals surface area (Å²) in [6, 6.07) is 13.4. The van der Waals surface area contributed by atoms with E-state index < -0.39 is 10.0 Å². The molecule has 1 heterocycles. The van der Waals surface area contributed by atoms with Crippen molar-refractivity contribution < 1.29 is 18.0 Å². The van der Waals surface area contributed by atoms with Crippen LogP contribution in [0.15, 0.2) is 53.4 Å². The molecule has 2 aromatic rings. The first-order chi connectivity index (χ1) is 15.1. The zero-order valence-corrected chi connectivity index (χ0v) is 19.9. The van der Waals surface area contributed by atoms with Crippen LogP contribution in [0.2, 0.25) is 0 Å². The van der Waals surface area contributed by atoms with Crippen LogP contribution in [0.3, 0.4) is 0 Å². The molecule has 1 saturated heterocycles. The molecule has 0 aromatic heterocycles. The highest BCUT2D eigenvalue weighted by Crippen LogP contribution is 2.24. The van der Waals surface area contributed by atoms with E-state index in [-0.39, 0.29) is 28.7 Å². The Balaban J connectivity index is 1.72. The van der Waals surface area contributed by atoms with Crippen LogP contribution in [0.4, 0.5) is 5.69 Å². The van der Waals surface area contributed by atoms with Crippen molar-refractivity contribution in [3.8, 4) is 0 Å². The highest BCUT2D eigenvalue weighted by Gasteiger charge is 2.29. The Bertz CT molecular complexity index is 1070. The number of hydrogen-bond donors (Lipinski definition) is 1. The third-order valence-corrected chi connectivity index (χ3v) is 7.50. The number of nitrogens with zero attached hydrogens (tertiary/aromatic N) is 2. The summed E-state index contributed by atoms with van der Waals surface area (Å²) < 4.78 is 27.5. The fourth-order valence-electron chi connectivity index (χ4n) is 3.77. The van der Waals surface area contributed by atoms with Crippen LogP contribution in [0, 0.1) is 12.8 Å². The van der Waals surface area contributed by atoms with E-state index in [0.29, 0.717) is 37.2 Å². The number of carbonyl (C=O) groups excluding carboxylic acids is 2. The molecule has 1 aliphatic rings. The number of benzene rings is 2. The molecule has 0 saturated carbocycles. The zero-order valence-electron chi connectivity index (χ0n) is 19.0. The maximum atomic E-state index is 13.1. The van der Waals surface area contributed by atoms with E-state index in [1.807, 2.05) is 32.9 Å². The molecule has 0 unspecified atom stereocenters. The number of amides is 2. The van der Waals surface area contributed by atoms with Crippen molar-refractivity contribution in [3.05, 3.63) is 59.7 Å². The van der Waals surface area contributed by atoms with Gasteiger partial charge in [0.05, 0.1) is 10.6 Å². The molecular formula is C24H31N3O4S. The third kappa shape index (κ3) is 5.30. The molecule has 0 aliphatic carbocycles. The molecule has 1 fully saturated rings. The van der Waals surface area contributed by atoms with E-state index in [2.05, 4.69) is 5.32 Å². The molecule has 8 heteroatoms. The third-order valence-electron chi connectivity index (χ3n) is 5.72. The minimum absolute atomic E-state index is 0.0272. The van der Waals surface area contributed by atoms with Gasteiger partial charge in [0.25, 0.3) is 15.9 Å². The lowest BCUT2D eigenvalue weighted by Gasteiger charge is -2.32. The molecule has 3 rings (SSSR count). The molecule has 2 amide bonds. The van der Waals surface area contributed by atoms with E-state index in [1.54, 1.807) is 29.2 Å². The Labute approximate surface area is 190 Å². The number of nitrogens with one attached hydrogen (secondary N) is 1. The van der Waals surface area contributed by atoms with Crippen molar-refractivity contribution in [2.24, 2.45) is 5.92 Å². The number of likely N-dealkylation sites (tertiary alicyclic amines) is 1. The molecule has 0 radical (unpaired) electrons. The second kappa shape index (κ2) is 9.73. The van der Waals surface area contributed by atoms with Gasteiger partial charge in [-0.25, -0.2) is 8.42 Å². The Morgan fingerprint density at radius 1 is 1.06 bits per heavy atom. The lowest BCUT2D eigenvalue weighted by atomic mass is 9.95. The molecule has 0 atom stereocenters. The first-order valence-corrected chi connectivity index (χ1v) is 12.3. The number of piperidine rings is 1. The fraction of sp³-hybridized carbons (Fsp3) is 0.417. The van der Waals surface area contributed by atoms with Gasteiger partial charge < -0.3 is 10.2 Å². The Morgan fingerprint density at radius 2 is 1.69 bits per heavy atom. The highest BCUT2D eigenvalue weighted by molar-refractivity contribution is 7.92. The molecule has 0 bridgehead atoms. The molecular weight excluding hydrogens is 426 g/mol. The summed E-state index contributed by atoms with van der Waals surface area (Å²) in [5.41, 5.74) is 1.92. The van der Waals surface area contributed by atoms with E-state index in [4.69, 9.17) is 0 Å². The average molecular weight is 458 g/mol. The molecule has 0 spiro atoms. The van der Waals surface area contributed by atoms with Gasteiger partial charge in [0.15, 0.2) is 0 Å². The van der Waals surface area contributed by atoms with Gasteiger partial charge in [0.1, 0.15) is 0 Å². The molecule has 2 aromatic carbocycles. The predicted octanol–water partition coefficient (Wildman–Crippen LogP) is 3.20. The molecule has 172 valence electrons. The number of rotatable bonds is 6. The van der Waals surface area contributed by atoms with Crippen LogP contribution >= 0.6 is 0 Å². The normalized spacial score (nSPS) is 15.0. The van der Waals surface area contributed by atoms with Crippen LogP contribution < -0.4 is 9.62 Å². The summed E-state index contributed by atoms with van der Waals surface area (Å²) in [6.45, 7) is 6.72. The summed E-state index contributed by atoms with van der Waals surface area (Å²) in [7, 11) is -2.31. The van der Waals surface area contributed by atoms with Crippen molar-refractivity contribution in [1.29, 1.82) is 0 Å². The summed E-state index contributed by atoms with van der Waals surface area (Å²) in [5, 5.41) is 2.93. The summed E-state index contributed by atoms with van der Waals surface area (Å²) in [6.07, 6.45) is 1.19. The summed E-state index contributed by atoms with van der Waals surface area (Å²) >= 11 is 0. The first-order valence-electron chi connectivity index (χ1n) is 10.8. The fourth-order valence-corrected chi connectivity index (χ4v) is 5.01. The van der Waals surface area contributed by atoms with Gasteiger partial charge in [0, 0.05) is 37.7 Å².